The molecule has 3 unspecified atom stereocenters. The van der Waals surface area contributed by atoms with Crippen LogP contribution in [0.3, 0.4) is 0 Å². The number of carbonyl (C=O) groups excluding carboxylic acids is 2. The molecule has 2 saturated heterocycles. The van der Waals surface area contributed by atoms with E-state index in [4.69, 9.17) is 4.74 Å². The van der Waals surface area contributed by atoms with Gasteiger partial charge in [0.15, 0.2) is 0 Å². The third-order valence-corrected chi connectivity index (χ3v) is 7.31. The van der Waals surface area contributed by atoms with Crippen LogP contribution in [0.15, 0.2) is 54.6 Å². The number of cyclic esters (lactones) is 1. The first kappa shape index (κ1) is 24.3. The van der Waals surface area contributed by atoms with Gasteiger partial charge < -0.3 is 19.6 Å². The summed E-state index contributed by atoms with van der Waals surface area (Å²) in [6, 6.07) is 17.9. The predicted octanol–water partition coefficient (Wildman–Crippen LogP) is 4.98. The molecule has 0 radical (unpaired) electrons. The molecule has 2 amide bonds. The molecule has 6 heteroatoms. The average Bonchev–Trinajstić information content (AvgIpc) is 2.80. The first-order valence-electron chi connectivity index (χ1n) is 12.2. The van der Waals surface area contributed by atoms with Crippen LogP contribution in [0.5, 0.6) is 0 Å². The number of amides is 2. The summed E-state index contributed by atoms with van der Waals surface area (Å²) in [6.07, 6.45) is 2.09. The van der Waals surface area contributed by atoms with Gasteiger partial charge in [-0.1, -0.05) is 54.6 Å². The molecule has 182 valence electrons. The van der Waals surface area contributed by atoms with Gasteiger partial charge in [-0.3, -0.25) is 4.79 Å². The molecule has 1 N–H and O–H groups in total. The molecule has 3 atom stereocenters. The van der Waals surface area contributed by atoms with Gasteiger partial charge in [0.25, 0.3) is 0 Å². The largest absolute Gasteiger partial charge is 0.438 e. The van der Waals surface area contributed by atoms with Gasteiger partial charge in [-0.15, -0.1) is 0 Å². The van der Waals surface area contributed by atoms with Crippen LogP contribution in [0.1, 0.15) is 75.1 Å². The van der Waals surface area contributed by atoms with Crippen LogP contribution in [0.4, 0.5) is 4.79 Å². The van der Waals surface area contributed by atoms with Gasteiger partial charge in [0, 0.05) is 39.4 Å². The fourth-order valence-corrected chi connectivity index (χ4v) is 5.35. The van der Waals surface area contributed by atoms with Crippen LogP contribution in [0.2, 0.25) is 0 Å². The van der Waals surface area contributed by atoms with E-state index in [0.29, 0.717) is 25.8 Å². The molecule has 0 spiro atoms. The Labute approximate surface area is 202 Å². The van der Waals surface area contributed by atoms with Gasteiger partial charge in [0.2, 0.25) is 5.91 Å². The molecule has 2 aromatic rings. The van der Waals surface area contributed by atoms with Gasteiger partial charge in [0.05, 0.1) is 11.6 Å². The van der Waals surface area contributed by atoms with Crippen molar-refractivity contribution < 1.29 is 19.4 Å². The second kappa shape index (κ2) is 9.41. The minimum Gasteiger partial charge on any atom is -0.438 e. The maximum absolute atomic E-state index is 13.2. The number of hydrogen-bond acceptors (Lipinski definition) is 4. The lowest BCUT2D eigenvalue weighted by atomic mass is 9.80. The Balaban J connectivity index is 1.48. The van der Waals surface area contributed by atoms with Crippen molar-refractivity contribution >= 4 is 12.0 Å². The highest BCUT2D eigenvalue weighted by molar-refractivity contribution is 5.77. The number of hydrogen-bond donors (Lipinski definition) is 1. The number of benzene rings is 2. The van der Waals surface area contributed by atoms with Crippen molar-refractivity contribution in [3.8, 4) is 0 Å². The van der Waals surface area contributed by atoms with E-state index < -0.39 is 11.2 Å². The van der Waals surface area contributed by atoms with Crippen molar-refractivity contribution in [1.82, 2.24) is 9.80 Å². The molecule has 2 aliphatic rings. The molecule has 2 fully saturated rings. The Morgan fingerprint density at radius 2 is 1.76 bits per heavy atom. The van der Waals surface area contributed by atoms with Crippen molar-refractivity contribution in [2.75, 3.05) is 20.1 Å². The van der Waals surface area contributed by atoms with E-state index in [-0.39, 0.29) is 24.0 Å². The molecule has 0 bridgehead atoms. The SMILES string of the molecule is CC(c1ccc(C2CCN(C)C(=O)C2)cc1)N1CCC(CC(C)(C)O)(c2ccccc2)OC1=O. The number of nitrogens with zero attached hydrogens (tertiary/aromatic N) is 2. The molecule has 4 rings (SSSR count). The summed E-state index contributed by atoms with van der Waals surface area (Å²) < 4.78 is 6.12. The number of aliphatic hydroxyl groups is 1. The lowest BCUT2D eigenvalue weighted by molar-refractivity contribution is -0.132. The molecular weight excluding hydrogens is 428 g/mol. The highest BCUT2D eigenvalue weighted by Gasteiger charge is 2.46. The van der Waals surface area contributed by atoms with E-state index >= 15 is 0 Å². The van der Waals surface area contributed by atoms with Gasteiger partial charge in [-0.2, -0.15) is 0 Å². The molecule has 2 heterocycles. The second-order valence-electron chi connectivity index (χ2n) is 10.5. The molecule has 0 aromatic heterocycles. The smallest absolute Gasteiger partial charge is 0.411 e. The van der Waals surface area contributed by atoms with Crippen LogP contribution in [0.25, 0.3) is 0 Å². The van der Waals surface area contributed by atoms with Crippen molar-refractivity contribution in [2.45, 2.75) is 69.6 Å². The van der Waals surface area contributed by atoms with Gasteiger partial charge >= 0.3 is 6.09 Å². The van der Waals surface area contributed by atoms with Crippen LogP contribution >= 0.6 is 0 Å². The number of likely N-dealkylation sites (tertiary alicyclic amines) is 1. The molecule has 6 nitrogen and oxygen atoms in total. The quantitative estimate of drug-likeness (QED) is 0.654. The Morgan fingerprint density at radius 1 is 1.09 bits per heavy atom. The summed E-state index contributed by atoms with van der Waals surface area (Å²) in [5.74, 6) is 0.444. The maximum atomic E-state index is 13.2. The Bertz CT molecular complexity index is 1010. The molecular formula is C28H36N2O4. The number of piperidine rings is 1. The maximum Gasteiger partial charge on any atom is 0.411 e. The fourth-order valence-electron chi connectivity index (χ4n) is 5.35. The molecule has 0 aliphatic carbocycles. The van der Waals surface area contributed by atoms with E-state index in [2.05, 4.69) is 24.3 Å². The van der Waals surface area contributed by atoms with Crippen molar-refractivity contribution in [3.63, 3.8) is 0 Å². The van der Waals surface area contributed by atoms with Crippen LogP contribution in [-0.4, -0.2) is 52.6 Å². The highest BCUT2D eigenvalue weighted by Crippen LogP contribution is 2.42. The van der Waals surface area contributed by atoms with Crippen molar-refractivity contribution in [1.29, 1.82) is 0 Å². The van der Waals surface area contributed by atoms with Gasteiger partial charge in [0.1, 0.15) is 5.60 Å². The number of carbonyl (C=O) groups is 2. The summed E-state index contributed by atoms with van der Waals surface area (Å²) in [4.78, 5) is 28.9. The third-order valence-electron chi connectivity index (χ3n) is 7.31. The minimum atomic E-state index is -0.977. The first-order chi connectivity index (χ1) is 16.1. The topological polar surface area (TPSA) is 70.1 Å². The number of rotatable bonds is 6. The Kier molecular flexibility index (Phi) is 6.72. The monoisotopic (exact) mass is 464 g/mol. The molecule has 0 saturated carbocycles. The highest BCUT2D eigenvalue weighted by atomic mass is 16.6. The summed E-state index contributed by atoms with van der Waals surface area (Å²) >= 11 is 0. The predicted molar refractivity (Wildman–Crippen MR) is 131 cm³/mol. The zero-order chi connectivity index (χ0) is 24.5. The lowest BCUT2D eigenvalue weighted by Crippen LogP contribution is -2.51. The van der Waals surface area contributed by atoms with Gasteiger partial charge in [-0.25, -0.2) is 4.79 Å². The summed E-state index contributed by atoms with van der Waals surface area (Å²) in [6.45, 7) is 6.84. The third kappa shape index (κ3) is 5.12. The summed E-state index contributed by atoms with van der Waals surface area (Å²) in [5.41, 5.74) is 1.29. The van der Waals surface area contributed by atoms with E-state index in [9.17, 15) is 14.7 Å². The van der Waals surface area contributed by atoms with Crippen LogP contribution in [0, 0.1) is 0 Å². The standard InChI is InChI=1S/C28H36N2O4/c1-20(21-10-12-22(13-11-21)23-14-16-29(4)25(31)18-23)30-17-15-28(34-26(30)32,19-27(2,3)33)24-8-6-5-7-9-24/h5-13,20,23,33H,14-19H2,1-4H3. The van der Waals surface area contributed by atoms with Crippen LogP contribution in [-0.2, 0) is 15.1 Å². The van der Waals surface area contributed by atoms with E-state index in [0.717, 1.165) is 24.1 Å². The molecule has 2 aromatic carbocycles. The summed E-state index contributed by atoms with van der Waals surface area (Å²) in [5, 5.41) is 10.6. The van der Waals surface area contributed by atoms with Gasteiger partial charge in [-0.05, 0) is 49.8 Å². The van der Waals surface area contributed by atoms with Crippen molar-refractivity contribution in [3.05, 3.63) is 71.3 Å². The second-order valence-corrected chi connectivity index (χ2v) is 10.5. The average molecular weight is 465 g/mol. The Morgan fingerprint density at radius 3 is 2.35 bits per heavy atom. The van der Waals surface area contributed by atoms with E-state index in [1.54, 1.807) is 23.6 Å². The first-order valence-corrected chi connectivity index (χ1v) is 12.2. The van der Waals surface area contributed by atoms with Crippen LogP contribution < -0.4 is 0 Å². The molecule has 34 heavy (non-hydrogen) atoms. The lowest BCUT2D eigenvalue weighted by Gasteiger charge is -2.45. The normalized spacial score (nSPS) is 24.7. The zero-order valence-corrected chi connectivity index (χ0v) is 20.7. The number of ether oxygens (including phenoxy) is 1. The van der Waals surface area contributed by atoms with E-state index in [1.165, 1.54) is 5.56 Å². The fraction of sp³-hybridized carbons (Fsp3) is 0.500. The minimum absolute atomic E-state index is 0.142. The van der Waals surface area contributed by atoms with Crippen molar-refractivity contribution in [2.24, 2.45) is 0 Å². The molecule has 2 aliphatic heterocycles. The Hall–Kier alpha value is -2.86. The van der Waals surface area contributed by atoms with E-state index in [1.807, 2.05) is 44.3 Å². The zero-order valence-electron chi connectivity index (χ0n) is 20.7. The summed E-state index contributed by atoms with van der Waals surface area (Å²) in [7, 11) is 1.86.